The van der Waals surface area contributed by atoms with Crippen LogP contribution in [0, 0.1) is 11.8 Å². The predicted octanol–water partition coefficient (Wildman–Crippen LogP) is 3.55. The number of likely N-dealkylation sites (tertiary alicyclic amines) is 1. The highest BCUT2D eigenvalue weighted by Crippen LogP contribution is 2.23. The molecule has 1 heterocycles. The summed E-state index contributed by atoms with van der Waals surface area (Å²) < 4.78 is 5.09. The molecule has 0 aliphatic carbocycles. The Morgan fingerprint density at radius 3 is 2.61 bits per heavy atom. The van der Waals surface area contributed by atoms with E-state index in [2.05, 4.69) is 5.32 Å². The molecule has 0 radical (unpaired) electrons. The van der Waals surface area contributed by atoms with E-state index < -0.39 is 11.9 Å². The molecule has 2 atom stereocenters. The molecular weight excluding hydrogens is 403 g/mol. The van der Waals surface area contributed by atoms with Gasteiger partial charge in [-0.3, -0.25) is 14.4 Å². The summed E-state index contributed by atoms with van der Waals surface area (Å²) in [5.74, 6) is -1.38. The summed E-state index contributed by atoms with van der Waals surface area (Å²) in [6.45, 7) is 6.65. The zero-order chi connectivity index (χ0) is 20.8. The first-order chi connectivity index (χ1) is 13.2. The van der Waals surface area contributed by atoms with Crippen LogP contribution < -0.4 is 5.32 Å². The van der Waals surface area contributed by atoms with E-state index in [4.69, 9.17) is 27.9 Å². The van der Waals surface area contributed by atoms with Gasteiger partial charge in [-0.15, -0.1) is 0 Å². The maximum absolute atomic E-state index is 13.1. The fourth-order valence-electron chi connectivity index (χ4n) is 3.23. The van der Waals surface area contributed by atoms with Gasteiger partial charge in [0.2, 0.25) is 5.91 Å². The summed E-state index contributed by atoms with van der Waals surface area (Å²) in [6, 6.07) is 3.86. The Balaban J connectivity index is 2.11. The SMILES string of the molecule is CCOC(=O)C1CCCN(C(=O)C(NC(=O)c2ccc(Cl)cc2Cl)C(C)C)C1. The minimum absolute atomic E-state index is 0.134. The van der Waals surface area contributed by atoms with Crippen LogP contribution in [0.2, 0.25) is 10.0 Å². The first-order valence-electron chi connectivity index (χ1n) is 9.45. The Bertz CT molecular complexity index is 739. The summed E-state index contributed by atoms with van der Waals surface area (Å²) >= 11 is 12.0. The van der Waals surface area contributed by atoms with Crippen molar-refractivity contribution in [1.29, 1.82) is 0 Å². The number of hydrogen-bond donors (Lipinski definition) is 1. The first-order valence-corrected chi connectivity index (χ1v) is 10.2. The molecule has 0 bridgehead atoms. The van der Waals surface area contributed by atoms with Crippen LogP contribution in [0.15, 0.2) is 18.2 Å². The lowest BCUT2D eigenvalue weighted by atomic mass is 9.95. The average molecular weight is 429 g/mol. The van der Waals surface area contributed by atoms with Gasteiger partial charge in [0.15, 0.2) is 0 Å². The second-order valence-corrected chi connectivity index (χ2v) is 8.04. The molecular formula is C20H26Cl2N2O4. The van der Waals surface area contributed by atoms with Gasteiger partial charge in [-0.25, -0.2) is 0 Å². The van der Waals surface area contributed by atoms with Crippen molar-refractivity contribution < 1.29 is 19.1 Å². The maximum Gasteiger partial charge on any atom is 0.310 e. The van der Waals surface area contributed by atoms with E-state index in [-0.39, 0.29) is 34.3 Å². The van der Waals surface area contributed by atoms with Crippen molar-refractivity contribution in [2.45, 2.75) is 39.7 Å². The molecule has 154 valence electrons. The van der Waals surface area contributed by atoms with Crippen LogP contribution in [0.1, 0.15) is 44.0 Å². The highest BCUT2D eigenvalue weighted by molar-refractivity contribution is 6.36. The third kappa shape index (κ3) is 5.61. The standard InChI is InChI=1S/C20H26Cl2N2O4/c1-4-28-20(27)13-6-5-9-24(11-13)19(26)17(12(2)3)23-18(25)15-8-7-14(21)10-16(15)22/h7-8,10,12-13,17H,4-6,9,11H2,1-3H3,(H,23,25). The van der Waals surface area contributed by atoms with Crippen LogP contribution in [0.5, 0.6) is 0 Å². The van der Waals surface area contributed by atoms with Crippen molar-refractivity contribution in [3.8, 4) is 0 Å². The summed E-state index contributed by atoms with van der Waals surface area (Å²) in [5.41, 5.74) is 0.257. The number of carbonyl (C=O) groups is 3. The van der Waals surface area contributed by atoms with Gasteiger partial charge in [-0.05, 0) is 43.9 Å². The van der Waals surface area contributed by atoms with Crippen LogP contribution in [0.4, 0.5) is 0 Å². The van der Waals surface area contributed by atoms with Gasteiger partial charge in [0.05, 0.1) is 23.1 Å². The number of benzene rings is 1. The highest BCUT2D eigenvalue weighted by Gasteiger charge is 2.34. The minimum Gasteiger partial charge on any atom is -0.466 e. The number of hydrogen-bond acceptors (Lipinski definition) is 4. The average Bonchev–Trinajstić information content (AvgIpc) is 2.65. The third-order valence-electron chi connectivity index (χ3n) is 4.75. The summed E-state index contributed by atoms with van der Waals surface area (Å²) in [7, 11) is 0. The molecule has 1 aliphatic heterocycles. The van der Waals surface area contributed by atoms with E-state index in [1.54, 1.807) is 17.9 Å². The number of rotatable bonds is 6. The van der Waals surface area contributed by atoms with Crippen molar-refractivity contribution in [2.24, 2.45) is 11.8 Å². The Hall–Kier alpha value is -1.79. The highest BCUT2D eigenvalue weighted by atomic mass is 35.5. The molecule has 1 aromatic carbocycles. The molecule has 2 unspecified atom stereocenters. The molecule has 28 heavy (non-hydrogen) atoms. The van der Waals surface area contributed by atoms with Crippen molar-refractivity contribution in [1.82, 2.24) is 10.2 Å². The normalized spacial score (nSPS) is 17.9. The van der Waals surface area contributed by atoms with Crippen molar-refractivity contribution in [2.75, 3.05) is 19.7 Å². The van der Waals surface area contributed by atoms with Crippen LogP contribution >= 0.6 is 23.2 Å². The summed E-state index contributed by atoms with van der Waals surface area (Å²) in [6.07, 6.45) is 1.42. The molecule has 6 nitrogen and oxygen atoms in total. The van der Waals surface area contributed by atoms with E-state index in [9.17, 15) is 14.4 Å². The Morgan fingerprint density at radius 1 is 1.29 bits per heavy atom. The summed E-state index contributed by atoms with van der Waals surface area (Å²) in [5, 5.41) is 3.44. The third-order valence-corrected chi connectivity index (χ3v) is 5.30. The van der Waals surface area contributed by atoms with Crippen LogP contribution in [-0.2, 0) is 14.3 Å². The molecule has 1 saturated heterocycles. The van der Waals surface area contributed by atoms with Crippen molar-refractivity contribution in [3.05, 3.63) is 33.8 Å². The van der Waals surface area contributed by atoms with E-state index in [0.29, 0.717) is 31.1 Å². The van der Waals surface area contributed by atoms with Gasteiger partial charge >= 0.3 is 5.97 Å². The molecule has 1 aliphatic rings. The van der Waals surface area contributed by atoms with Gasteiger partial charge in [0, 0.05) is 18.1 Å². The lowest BCUT2D eigenvalue weighted by Gasteiger charge is -2.35. The lowest BCUT2D eigenvalue weighted by molar-refractivity contribution is -0.151. The van der Waals surface area contributed by atoms with Crippen LogP contribution in [-0.4, -0.2) is 48.4 Å². The second-order valence-electron chi connectivity index (χ2n) is 7.19. The second kappa shape index (κ2) is 10.1. The molecule has 1 N–H and O–H groups in total. The molecule has 1 aromatic rings. The molecule has 0 aromatic heterocycles. The van der Waals surface area contributed by atoms with Crippen LogP contribution in [0.3, 0.4) is 0 Å². The van der Waals surface area contributed by atoms with E-state index >= 15 is 0 Å². The molecule has 0 saturated carbocycles. The fraction of sp³-hybridized carbons (Fsp3) is 0.550. The molecule has 8 heteroatoms. The van der Waals surface area contributed by atoms with Gasteiger partial charge in [-0.1, -0.05) is 37.0 Å². The smallest absolute Gasteiger partial charge is 0.310 e. The Morgan fingerprint density at radius 2 is 2.00 bits per heavy atom. The van der Waals surface area contributed by atoms with E-state index in [1.807, 2.05) is 13.8 Å². The largest absolute Gasteiger partial charge is 0.466 e. The zero-order valence-electron chi connectivity index (χ0n) is 16.3. The van der Waals surface area contributed by atoms with Gasteiger partial charge in [0.25, 0.3) is 5.91 Å². The van der Waals surface area contributed by atoms with Gasteiger partial charge < -0.3 is 15.0 Å². The number of esters is 1. The topological polar surface area (TPSA) is 75.7 Å². The molecule has 2 amide bonds. The van der Waals surface area contributed by atoms with Crippen molar-refractivity contribution in [3.63, 3.8) is 0 Å². The predicted molar refractivity (Wildman–Crippen MR) is 108 cm³/mol. The van der Waals surface area contributed by atoms with Crippen LogP contribution in [0.25, 0.3) is 0 Å². The quantitative estimate of drug-likeness (QED) is 0.702. The number of amides is 2. The number of piperidine rings is 1. The molecule has 0 spiro atoms. The molecule has 2 rings (SSSR count). The maximum atomic E-state index is 13.1. The zero-order valence-corrected chi connectivity index (χ0v) is 17.8. The summed E-state index contributed by atoms with van der Waals surface area (Å²) in [4.78, 5) is 39.4. The minimum atomic E-state index is -0.722. The number of halogens is 2. The van der Waals surface area contributed by atoms with Gasteiger partial charge in [-0.2, -0.15) is 0 Å². The molecule has 1 fully saturated rings. The Labute approximate surface area is 175 Å². The number of nitrogens with one attached hydrogen (secondary N) is 1. The van der Waals surface area contributed by atoms with Gasteiger partial charge in [0.1, 0.15) is 6.04 Å². The van der Waals surface area contributed by atoms with E-state index in [1.165, 1.54) is 12.1 Å². The van der Waals surface area contributed by atoms with Crippen molar-refractivity contribution >= 4 is 41.0 Å². The number of ether oxygens (including phenoxy) is 1. The monoisotopic (exact) mass is 428 g/mol. The Kier molecular flexibility index (Phi) is 8.13. The fourth-order valence-corrected chi connectivity index (χ4v) is 3.73. The lowest BCUT2D eigenvalue weighted by Crippen LogP contribution is -2.54. The number of nitrogens with zero attached hydrogens (tertiary/aromatic N) is 1. The number of carbonyl (C=O) groups excluding carboxylic acids is 3. The first kappa shape index (κ1) is 22.5. The van der Waals surface area contributed by atoms with E-state index in [0.717, 1.165) is 6.42 Å².